The largest absolute Gasteiger partial charge is 0.481 e. The van der Waals surface area contributed by atoms with E-state index in [1.807, 2.05) is 6.07 Å². The average Bonchev–Trinajstić information content (AvgIpc) is 2.83. The molecule has 0 radical (unpaired) electrons. The summed E-state index contributed by atoms with van der Waals surface area (Å²) in [7, 11) is -0.700. The molecule has 1 aliphatic heterocycles. The summed E-state index contributed by atoms with van der Waals surface area (Å²) in [5.41, 5.74) is 1.21. The van der Waals surface area contributed by atoms with E-state index in [0.29, 0.717) is 23.6 Å². The maximum absolute atomic E-state index is 12.9. The van der Waals surface area contributed by atoms with Gasteiger partial charge in [0, 0.05) is 42.8 Å². The van der Waals surface area contributed by atoms with Crippen molar-refractivity contribution in [2.75, 3.05) is 20.8 Å². The van der Waals surface area contributed by atoms with Crippen LogP contribution in [0.2, 0.25) is 0 Å². The van der Waals surface area contributed by atoms with E-state index in [-0.39, 0.29) is 15.8 Å². The van der Waals surface area contributed by atoms with Gasteiger partial charge in [-0.3, -0.25) is 9.48 Å². The summed E-state index contributed by atoms with van der Waals surface area (Å²) in [6.45, 7) is 0.297. The second kappa shape index (κ2) is 8.89. The summed E-state index contributed by atoms with van der Waals surface area (Å²) < 4.78 is 37.9. The number of hydrogen-bond acceptors (Lipinski definition) is 7. The Hall–Kier alpha value is -3.56. The maximum Gasteiger partial charge on any atom is 0.212 e. The predicted molar refractivity (Wildman–Crippen MR) is 118 cm³/mol. The van der Waals surface area contributed by atoms with Crippen molar-refractivity contribution in [2.24, 2.45) is 0 Å². The van der Waals surface area contributed by atoms with Crippen molar-refractivity contribution in [1.29, 1.82) is 0 Å². The summed E-state index contributed by atoms with van der Waals surface area (Å²) in [5.74, 6) is 0.482. The van der Waals surface area contributed by atoms with Crippen LogP contribution in [0.1, 0.15) is 11.6 Å². The van der Waals surface area contributed by atoms with Crippen LogP contribution in [-0.2, 0) is 14.6 Å². The number of benzene rings is 2. The van der Waals surface area contributed by atoms with Gasteiger partial charge in [0.1, 0.15) is 6.04 Å². The minimum Gasteiger partial charge on any atom is -0.481 e. The van der Waals surface area contributed by atoms with Crippen LogP contribution in [0.15, 0.2) is 87.8 Å². The first kappa shape index (κ1) is 21.7. The molecule has 9 heteroatoms. The summed E-state index contributed by atoms with van der Waals surface area (Å²) in [6.07, 6.45) is 4.75. The lowest BCUT2D eigenvalue weighted by molar-refractivity contribution is 0.163. The van der Waals surface area contributed by atoms with E-state index in [9.17, 15) is 13.2 Å². The van der Waals surface area contributed by atoms with Crippen molar-refractivity contribution in [3.63, 3.8) is 0 Å². The molecule has 164 valence electrons. The van der Waals surface area contributed by atoms with Crippen LogP contribution in [0.4, 0.5) is 0 Å². The first-order chi connectivity index (χ1) is 15.4. The van der Waals surface area contributed by atoms with Gasteiger partial charge in [0.25, 0.3) is 0 Å². The Morgan fingerprint density at radius 2 is 1.78 bits per heavy atom. The molecule has 0 amide bonds. The van der Waals surface area contributed by atoms with Crippen molar-refractivity contribution < 1.29 is 17.9 Å². The van der Waals surface area contributed by atoms with E-state index in [1.54, 1.807) is 48.5 Å². The minimum absolute atomic E-state index is 0.0615. The molecular weight excluding hydrogens is 430 g/mol. The van der Waals surface area contributed by atoms with Crippen molar-refractivity contribution in [3.8, 4) is 17.0 Å². The fourth-order valence-corrected chi connectivity index (χ4v) is 4.75. The number of ether oxygens (including phenoxy) is 2. The summed E-state index contributed by atoms with van der Waals surface area (Å²) >= 11 is 0. The normalized spacial score (nSPS) is 12.6. The lowest BCUT2D eigenvalue weighted by Crippen LogP contribution is -2.21. The van der Waals surface area contributed by atoms with E-state index < -0.39 is 15.3 Å². The van der Waals surface area contributed by atoms with Gasteiger partial charge >= 0.3 is 0 Å². The molecule has 1 atom stereocenters. The fourth-order valence-electron chi connectivity index (χ4n) is 3.42. The highest BCUT2D eigenvalue weighted by Crippen LogP contribution is 2.27. The second-order valence-corrected chi connectivity index (χ2v) is 9.05. The summed E-state index contributed by atoms with van der Waals surface area (Å²) in [6, 6.07) is 13.9. The van der Waals surface area contributed by atoms with Crippen LogP contribution in [0.3, 0.4) is 0 Å². The Morgan fingerprint density at radius 1 is 1.00 bits per heavy atom. The Balaban J connectivity index is 1.77. The quantitative estimate of drug-likeness (QED) is 0.426. The first-order valence-electron chi connectivity index (χ1n) is 9.75. The molecule has 1 aliphatic carbocycles. The molecule has 4 rings (SSSR count). The molecule has 8 nitrogen and oxygen atoms in total. The average molecular weight is 452 g/mol. The lowest BCUT2D eigenvalue weighted by Gasteiger charge is -2.20. The molecule has 1 aromatic heterocycles. The van der Waals surface area contributed by atoms with Crippen LogP contribution in [0, 0.1) is 0 Å². The highest BCUT2D eigenvalue weighted by atomic mass is 32.2. The molecule has 0 saturated heterocycles. The van der Waals surface area contributed by atoms with Crippen LogP contribution in [0.5, 0.6) is 5.88 Å². The monoisotopic (exact) mass is 451 g/mol. The first-order valence-corrected chi connectivity index (χ1v) is 11.2. The van der Waals surface area contributed by atoms with E-state index in [0.717, 1.165) is 11.6 Å². The third-order valence-corrected chi connectivity index (χ3v) is 6.85. The summed E-state index contributed by atoms with van der Waals surface area (Å²) in [5, 5.41) is 4.43. The molecule has 2 aliphatic rings. The molecule has 0 N–H and O–H groups in total. The van der Waals surface area contributed by atoms with Gasteiger partial charge in [-0.2, -0.15) is 5.10 Å². The van der Waals surface area contributed by atoms with Crippen molar-refractivity contribution in [2.45, 2.75) is 15.8 Å². The molecule has 0 saturated carbocycles. The van der Waals surface area contributed by atoms with Gasteiger partial charge in [-0.25, -0.2) is 13.4 Å². The fraction of sp³-hybridized carbons (Fsp3) is 0.174. The van der Waals surface area contributed by atoms with Gasteiger partial charge in [0.2, 0.25) is 15.7 Å². The number of rotatable bonds is 7. The Bertz CT molecular complexity index is 1350. The smallest absolute Gasteiger partial charge is 0.212 e. The number of methoxy groups -OCH3 is 2. The molecule has 0 spiro atoms. The zero-order chi connectivity index (χ0) is 22.7. The van der Waals surface area contributed by atoms with Gasteiger partial charge in [-0.15, -0.1) is 0 Å². The number of pyridine rings is 1. The lowest BCUT2D eigenvalue weighted by atomic mass is 10.1. The van der Waals surface area contributed by atoms with E-state index in [4.69, 9.17) is 9.47 Å². The van der Waals surface area contributed by atoms with Gasteiger partial charge in [0.05, 0.1) is 29.7 Å². The van der Waals surface area contributed by atoms with Gasteiger partial charge < -0.3 is 9.47 Å². The predicted octanol–water partition coefficient (Wildman–Crippen LogP) is 2.82. The SMILES string of the molecule is COCC(c1ccc(OC)nc1)n1cc2c(=O)cc(S(=O)(=O)c3ccccc3)cc-2cn1. The van der Waals surface area contributed by atoms with Gasteiger partial charge in [-0.05, 0) is 29.8 Å². The standard InChI is InChI=1S/C23H21N3O5S/c1-30-15-21(16-8-9-23(31-2)24-12-16)26-14-20-17(13-25-26)10-19(11-22(20)27)32(28,29)18-6-4-3-5-7-18/h3-14,21H,15H2,1-2H3. The van der Waals surface area contributed by atoms with E-state index in [2.05, 4.69) is 10.1 Å². The highest BCUT2D eigenvalue weighted by molar-refractivity contribution is 7.91. The molecule has 1 unspecified atom stereocenters. The number of sulfone groups is 1. The molecule has 0 fully saturated rings. The number of aromatic nitrogens is 3. The zero-order valence-electron chi connectivity index (χ0n) is 17.5. The molecular formula is C23H21N3O5S. The zero-order valence-corrected chi connectivity index (χ0v) is 18.3. The third kappa shape index (κ3) is 4.12. The Kier molecular flexibility index (Phi) is 6.02. The van der Waals surface area contributed by atoms with E-state index in [1.165, 1.54) is 31.5 Å². The van der Waals surface area contributed by atoms with Crippen LogP contribution in [-0.4, -0.2) is 44.0 Å². The number of fused-ring (bicyclic) bond motifs is 1. The van der Waals surface area contributed by atoms with Crippen molar-refractivity contribution in [3.05, 3.63) is 89.0 Å². The Morgan fingerprint density at radius 3 is 2.44 bits per heavy atom. The van der Waals surface area contributed by atoms with Crippen LogP contribution in [0.25, 0.3) is 11.1 Å². The second-order valence-electron chi connectivity index (χ2n) is 7.10. The van der Waals surface area contributed by atoms with Crippen LogP contribution < -0.4 is 10.2 Å². The highest BCUT2D eigenvalue weighted by Gasteiger charge is 2.22. The van der Waals surface area contributed by atoms with Crippen molar-refractivity contribution >= 4 is 9.84 Å². The van der Waals surface area contributed by atoms with Crippen LogP contribution >= 0.6 is 0 Å². The molecule has 2 aromatic rings. The van der Waals surface area contributed by atoms with E-state index >= 15 is 0 Å². The minimum atomic E-state index is -3.81. The van der Waals surface area contributed by atoms with Gasteiger partial charge in [-0.1, -0.05) is 18.2 Å². The number of nitrogens with zero attached hydrogens (tertiary/aromatic N) is 3. The molecule has 32 heavy (non-hydrogen) atoms. The molecule has 0 bridgehead atoms. The third-order valence-electron chi connectivity index (χ3n) is 5.10. The Labute approximate surface area is 185 Å². The maximum atomic E-state index is 12.9. The van der Waals surface area contributed by atoms with Crippen molar-refractivity contribution in [1.82, 2.24) is 14.8 Å². The van der Waals surface area contributed by atoms with Gasteiger partial charge in [0.15, 0.2) is 5.43 Å². The number of hydrogen-bond donors (Lipinski definition) is 0. The summed E-state index contributed by atoms with van der Waals surface area (Å²) in [4.78, 5) is 17.2. The molecule has 2 heterocycles. The molecule has 1 aromatic carbocycles. The topological polar surface area (TPSA) is 100 Å².